The van der Waals surface area contributed by atoms with E-state index in [1.165, 1.54) is 4.90 Å². The normalized spacial score (nSPS) is 9.71. The number of hydrogen-bond acceptors (Lipinski definition) is 2. The first-order valence-corrected chi connectivity index (χ1v) is 5.46. The molecule has 0 unspecified atom stereocenters. The average Bonchev–Trinajstić information content (AvgIpc) is 2.30. The SMILES string of the molecule is CCN(CCC(=O)O)C(=O)Nc1ccccc1. The Labute approximate surface area is 100 Å². The van der Waals surface area contributed by atoms with E-state index in [2.05, 4.69) is 5.32 Å². The number of nitrogens with one attached hydrogen (secondary N) is 1. The van der Waals surface area contributed by atoms with Gasteiger partial charge >= 0.3 is 12.0 Å². The summed E-state index contributed by atoms with van der Waals surface area (Å²) in [6, 6.07) is 8.79. The maximum absolute atomic E-state index is 11.8. The minimum absolute atomic E-state index is 0.0456. The predicted octanol–water partition coefficient (Wildman–Crippen LogP) is 2.02. The summed E-state index contributed by atoms with van der Waals surface area (Å²) in [5, 5.41) is 11.3. The smallest absolute Gasteiger partial charge is 0.321 e. The van der Waals surface area contributed by atoms with Crippen molar-refractivity contribution in [2.24, 2.45) is 0 Å². The van der Waals surface area contributed by atoms with Crippen LogP contribution in [0.25, 0.3) is 0 Å². The first-order valence-electron chi connectivity index (χ1n) is 5.46. The van der Waals surface area contributed by atoms with Crippen molar-refractivity contribution >= 4 is 17.7 Å². The molecule has 0 atom stereocenters. The summed E-state index contributed by atoms with van der Waals surface area (Å²) in [6.45, 7) is 2.50. The van der Waals surface area contributed by atoms with Gasteiger partial charge in [0.15, 0.2) is 0 Å². The van der Waals surface area contributed by atoms with Crippen LogP contribution >= 0.6 is 0 Å². The molecule has 0 radical (unpaired) electrons. The first kappa shape index (κ1) is 13.0. The van der Waals surface area contributed by atoms with Crippen molar-refractivity contribution in [1.29, 1.82) is 0 Å². The summed E-state index contributed by atoms with van der Waals surface area (Å²) in [6.07, 6.45) is -0.0456. The van der Waals surface area contributed by atoms with Crippen LogP contribution in [0.2, 0.25) is 0 Å². The molecule has 0 aliphatic rings. The number of carbonyl (C=O) groups excluding carboxylic acids is 1. The molecule has 92 valence electrons. The molecule has 1 aromatic rings. The molecule has 2 amide bonds. The minimum Gasteiger partial charge on any atom is -0.481 e. The highest BCUT2D eigenvalue weighted by molar-refractivity contribution is 5.89. The first-order chi connectivity index (χ1) is 8.13. The number of para-hydroxylation sites is 1. The molecule has 0 saturated heterocycles. The Bertz CT molecular complexity index is 379. The second kappa shape index (κ2) is 6.52. The maximum Gasteiger partial charge on any atom is 0.321 e. The predicted molar refractivity (Wildman–Crippen MR) is 65.0 cm³/mol. The fourth-order valence-corrected chi connectivity index (χ4v) is 1.36. The summed E-state index contributed by atoms with van der Waals surface area (Å²) in [5.41, 5.74) is 0.700. The number of carbonyl (C=O) groups is 2. The van der Waals surface area contributed by atoms with Gasteiger partial charge in [0.25, 0.3) is 0 Å². The number of carboxylic acids is 1. The van der Waals surface area contributed by atoms with Crippen molar-refractivity contribution in [2.75, 3.05) is 18.4 Å². The van der Waals surface area contributed by atoms with Gasteiger partial charge in [-0.1, -0.05) is 18.2 Å². The highest BCUT2D eigenvalue weighted by atomic mass is 16.4. The van der Waals surface area contributed by atoms with E-state index >= 15 is 0 Å². The molecule has 17 heavy (non-hydrogen) atoms. The summed E-state index contributed by atoms with van der Waals surface area (Å²) >= 11 is 0. The van der Waals surface area contributed by atoms with Crippen LogP contribution in [0.1, 0.15) is 13.3 Å². The van der Waals surface area contributed by atoms with Crippen LogP contribution < -0.4 is 5.32 Å². The topological polar surface area (TPSA) is 69.6 Å². The van der Waals surface area contributed by atoms with Gasteiger partial charge in [-0.15, -0.1) is 0 Å². The van der Waals surface area contributed by atoms with Gasteiger partial charge in [0.05, 0.1) is 6.42 Å². The summed E-state index contributed by atoms with van der Waals surface area (Å²) in [7, 11) is 0. The van der Waals surface area contributed by atoms with Crippen molar-refractivity contribution in [2.45, 2.75) is 13.3 Å². The van der Waals surface area contributed by atoms with Crippen LogP contribution in [-0.2, 0) is 4.79 Å². The molecule has 5 heteroatoms. The van der Waals surface area contributed by atoms with Gasteiger partial charge in [-0.3, -0.25) is 4.79 Å². The third-order valence-electron chi connectivity index (χ3n) is 2.29. The lowest BCUT2D eigenvalue weighted by atomic mass is 10.3. The Kier molecular flexibility index (Phi) is 5.00. The van der Waals surface area contributed by atoms with E-state index in [1.807, 2.05) is 25.1 Å². The second-order valence-corrected chi connectivity index (χ2v) is 3.52. The molecule has 0 saturated carbocycles. The zero-order valence-electron chi connectivity index (χ0n) is 9.72. The standard InChI is InChI=1S/C12H16N2O3/c1-2-14(9-8-11(15)16)12(17)13-10-6-4-3-5-7-10/h3-7H,2,8-9H2,1H3,(H,13,17)(H,15,16). The van der Waals surface area contributed by atoms with Crippen LogP contribution in [0.15, 0.2) is 30.3 Å². The summed E-state index contributed by atoms with van der Waals surface area (Å²) < 4.78 is 0. The Morgan fingerprint density at radius 3 is 2.47 bits per heavy atom. The van der Waals surface area contributed by atoms with Gasteiger partial charge < -0.3 is 15.3 Å². The largest absolute Gasteiger partial charge is 0.481 e. The fraction of sp³-hybridized carbons (Fsp3) is 0.333. The number of carboxylic acid groups (broad SMARTS) is 1. The molecule has 5 nitrogen and oxygen atoms in total. The van der Waals surface area contributed by atoms with Crippen molar-refractivity contribution < 1.29 is 14.7 Å². The number of anilines is 1. The Hall–Kier alpha value is -2.04. The Morgan fingerprint density at radius 1 is 1.29 bits per heavy atom. The van der Waals surface area contributed by atoms with Gasteiger partial charge in [-0.05, 0) is 19.1 Å². The molecule has 1 aromatic carbocycles. The average molecular weight is 236 g/mol. The molecule has 0 spiro atoms. The van der Waals surface area contributed by atoms with E-state index in [0.29, 0.717) is 12.2 Å². The van der Waals surface area contributed by atoms with E-state index in [0.717, 1.165) is 0 Å². The highest BCUT2D eigenvalue weighted by Gasteiger charge is 2.12. The Morgan fingerprint density at radius 2 is 1.94 bits per heavy atom. The number of benzene rings is 1. The van der Waals surface area contributed by atoms with Crippen molar-refractivity contribution in [1.82, 2.24) is 4.90 Å². The third-order valence-corrected chi connectivity index (χ3v) is 2.29. The lowest BCUT2D eigenvalue weighted by Gasteiger charge is -2.20. The fourth-order valence-electron chi connectivity index (χ4n) is 1.36. The van der Waals surface area contributed by atoms with Gasteiger partial charge in [-0.2, -0.15) is 0 Å². The maximum atomic E-state index is 11.8. The van der Waals surface area contributed by atoms with Crippen LogP contribution in [-0.4, -0.2) is 35.1 Å². The number of nitrogens with zero attached hydrogens (tertiary/aromatic N) is 1. The van der Waals surface area contributed by atoms with Crippen molar-refractivity contribution in [3.05, 3.63) is 30.3 Å². The number of rotatable bonds is 5. The Balaban J connectivity index is 2.52. The van der Waals surface area contributed by atoms with Crippen LogP contribution in [0, 0.1) is 0 Å². The van der Waals surface area contributed by atoms with Gasteiger partial charge in [0.1, 0.15) is 0 Å². The van der Waals surface area contributed by atoms with Crippen LogP contribution in [0.5, 0.6) is 0 Å². The van der Waals surface area contributed by atoms with E-state index in [4.69, 9.17) is 5.11 Å². The van der Waals surface area contributed by atoms with Crippen molar-refractivity contribution in [3.8, 4) is 0 Å². The molecule has 0 aliphatic carbocycles. The van der Waals surface area contributed by atoms with Crippen molar-refractivity contribution in [3.63, 3.8) is 0 Å². The van der Waals surface area contributed by atoms with E-state index < -0.39 is 5.97 Å². The summed E-state index contributed by atoms with van der Waals surface area (Å²) in [4.78, 5) is 23.7. The number of aliphatic carboxylic acids is 1. The zero-order valence-corrected chi connectivity index (χ0v) is 9.72. The number of amides is 2. The lowest BCUT2D eigenvalue weighted by Crippen LogP contribution is -2.36. The highest BCUT2D eigenvalue weighted by Crippen LogP contribution is 2.06. The van der Waals surface area contributed by atoms with Gasteiger partial charge in [0, 0.05) is 18.8 Å². The molecule has 0 fully saturated rings. The van der Waals surface area contributed by atoms with Crippen LogP contribution in [0.3, 0.4) is 0 Å². The van der Waals surface area contributed by atoms with E-state index in [9.17, 15) is 9.59 Å². The number of hydrogen-bond donors (Lipinski definition) is 2. The van der Waals surface area contributed by atoms with Crippen LogP contribution in [0.4, 0.5) is 10.5 Å². The second-order valence-electron chi connectivity index (χ2n) is 3.52. The molecule has 0 aliphatic heterocycles. The molecule has 0 bridgehead atoms. The van der Waals surface area contributed by atoms with E-state index in [1.54, 1.807) is 12.1 Å². The zero-order chi connectivity index (χ0) is 12.7. The number of urea groups is 1. The molecule has 2 N–H and O–H groups in total. The molecular weight excluding hydrogens is 220 g/mol. The molecule has 0 aromatic heterocycles. The summed E-state index contributed by atoms with van der Waals surface area (Å²) in [5.74, 6) is -0.907. The van der Waals surface area contributed by atoms with Gasteiger partial charge in [0.2, 0.25) is 0 Å². The third kappa shape index (κ3) is 4.55. The van der Waals surface area contributed by atoms with E-state index in [-0.39, 0.29) is 19.0 Å². The minimum atomic E-state index is -0.907. The molecule has 1 rings (SSSR count). The lowest BCUT2D eigenvalue weighted by molar-refractivity contribution is -0.137. The van der Waals surface area contributed by atoms with Gasteiger partial charge in [-0.25, -0.2) is 4.79 Å². The monoisotopic (exact) mass is 236 g/mol. The molecule has 0 heterocycles. The quantitative estimate of drug-likeness (QED) is 0.821. The molecular formula is C12H16N2O3.